The lowest BCUT2D eigenvalue weighted by Crippen LogP contribution is -2.38. The first-order chi connectivity index (χ1) is 13.1. The molecule has 4 atom stereocenters. The molecule has 1 unspecified atom stereocenters. The highest BCUT2D eigenvalue weighted by Gasteiger charge is 2.43. The summed E-state index contributed by atoms with van der Waals surface area (Å²) in [6, 6.07) is 0. The van der Waals surface area contributed by atoms with Crippen molar-refractivity contribution in [1.82, 2.24) is 5.32 Å². The minimum absolute atomic E-state index is 0.0325. The largest absolute Gasteiger partial charge is 0.511 e. The molecule has 1 saturated carbocycles. The van der Waals surface area contributed by atoms with Gasteiger partial charge < -0.3 is 19.9 Å². The number of esters is 1. The molecule has 1 aliphatic rings. The molecule has 0 aliphatic heterocycles. The van der Waals surface area contributed by atoms with Crippen LogP contribution in [0.25, 0.3) is 0 Å². The van der Waals surface area contributed by atoms with Gasteiger partial charge in [0.05, 0.1) is 5.92 Å². The molecule has 1 fully saturated rings. The third-order valence-corrected chi connectivity index (χ3v) is 6.24. The van der Waals surface area contributed by atoms with E-state index in [0.717, 1.165) is 32.1 Å². The van der Waals surface area contributed by atoms with Crippen LogP contribution in [0.5, 0.6) is 0 Å². The SMILES string of the molecule is CC(C)C(=O)O[C@@H](OC(=O)NCC[C@@H](O)[C@@H](C1CCCCC1)[P+](=O)O)C(C)C. The van der Waals surface area contributed by atoms with Crippen LogP contribution in [0.15, 0.2) is 0 Å². The lowest BCUT2D eigenvalue weighted by molar-refractivity contribution is -0.178. The van der Waals surface area contributed by atoms with Crippen LogP contribution in [0, 0.1) is 17.8 Å². The molecule has 1 rings (SSSR count). The number of rotatable bonds is 10. The Morgan fingerprint density at radius 1 is 1.11 bits per heavy atom. The van der Waals surface area contributed by atoms with E-state index < -0.39 is 38.1 Å². The van der Waals surface area contributed by atoms with Crippen molar-refractivity contribution in [3.63, 3.8) is 0 Å². The van der Waals surface area contributed by atoms with Gasteiger partial charge in [0.1, 0.15) is 6.10 Å². The third kappa shape index (κ3) is 8.41. The lowest BCUT2D eigenvalue weighted by atomic mass is 9.84. The molecular weight excluding hydrogens is 385 g/mol. The first-order valence-electron chi connectivity index (χ1n) is 10.1. The first kappa shape index (κ1) is 24.8. The van der Waals surface area contributed by atoms with Gasteiger partial charge in [-0.3, -0.25) is 4.79 Å². The number of hydrogen-bond donors (Lipinski definition) is 3. The molecule has 1 aliphatic carbocycles. The van der Waals surface area contributed by atoms with Gasteiger partial charge in [-0.15, -0.1) is 0 Å². The molecule has 0 spiro atoms. The zero-order valence-corrected chi connectivity index (χ0v) is 18.2. The second-order valence-electron chi connectivity index (χ2n) is 8.08. The second-order valence-corrected chi connectivity index (χ2v) is 9.28. The summed E-state index contributed by atoms with van der Waals surface area (Å²) in [4.78, 5) is 33.3. The molecule has 0 saturated heterocycles. The molecular formula is C19H35NO7P+. The number of carbonyl (C=O) groups excluding carboxylic acids is 2. The Morgan fingerprint density at radius 2 is 1.71 bits per heavy atom. The third-order valence-electron chi connectivity index (χ3n) is 4.96. The van der Waals surface area contributed by atoms with Crippen molar-refractivity contribution >= 4 is 20.1 Å². The van der Waals surface area contributed by atoms with E-state index >= 15 is 0 Å². The average Bonchev–Trinajstić information content (AvgIpc) is 2.61. The Morgan fingerprint density at radius 3 is 2.21 bits per heavy atom. The summed E-state index contributed by atoms with van der Waals surface area (Å²) in [6.45, 7) is 7.00. The maximum absolute atomic E-state index is 12.0. The van der Waals surface area contributed by atoms with Gasteiger partial charge >= 0.3 is 20.1 Å². The fourth-order valence-electron chi connectivity index (χ4n) is 3.30. The van der Waals surface area contributed by atoms with Crippen LogP contribution >= 0.6 is 8.03 Å². The van der Waals surface area contributed by atoms with E-state index in [2.05, 4.69) is 5.32 Å². The highest BCUT2D eigenvalue weighted by Crippen LogP contribution is 2.40. The summed E-state index contributed by atoms with van der Waals surface area (Å²) in [6.07, 6.45) is 2.24. The predicted molar refractivity (Wildman–Crippen MR) is 105 cm³/mol. The molecule has 0 radical (unpaired) electrons. The van der Waals surface area contributed by atoms with Gasteiger partial charge in [0.25, 0.3) is 6.29 Å². The first-order valence-corrected chi connectivity index (χ1v) is 11.4. The van der Waals surface area contributed by atoms with Gasteiger partial charge in [-0.05, 0) is 23.8 Å². The maximum atomic E-state index is 12.0. The van der Waals surface area contributed by atoms with Gasteiger partial charge in [0.15, 0.2) is 0 Å². The van der Waals surface area contributed by atoms with Crippen molar-refractivity contribution < 1.29 is 33.6 Å². The topological polar surface area (TPSA) is 122 Å². The number of carbonyl (C=O) groups is 2. The normalized spacial score (nSPS) is 19.1. The van der Waals surface area contributed by atoms with Crippen molar-refractivity contribution in [2.45, 2.75) is 84.3 Å². The monoisotopic (exact) mass is 420 g/mol. The van der Waals surface area contributed by atoms with Crippen LogP contribution < -0.4 is 5.32 Å². The molecule has 0 aromatic heterocycles. The van der Waals surface area contributed by atoms with E-state index in [0.29, 0.717) is 0 Å². The average molecular weight is 420 g/mol. The second kappa shape index (κ2) is 12.3. The van der Waals surface area contributed by atoms with Gasteiger partial charge in [-0.25, -0.2) is 4.79 Å². The standard InChI is InChI=1S/C19H34NO7P/c1-12(2)17(22)26-18(13(3)4)27-19(23)20-11-10-15(21)16(28(24)25)14-8-6-5-7-9-14/h12-16,18,21H,5-11H2,1-4H3,(H-,20,23,24,25)/p+1/t15-,16-,18+/m1/s1. The van der Waals surface area contributed by atoms with Gasteiger partial charge in [-0.1, -0.05) is 47.0 Å². The van der Waals surface area contributed by atoms with Crippen LogP contribution in [0.4, 0.5) is 4.79 Å². The molecule has 162 valence electrons. The summed E-state index contributed by atoms with van der Waals surface area (Å²) >= 11 is 0. The van der Waals surface area contributed by atoms with E-state index in [4.69, 9.17) is 9.47 Å². The summed E-state index contributed by atoms with van der Waals surface area (Å²) in [5.74, 6) is -0.970. The summed E-state index contributed by atoms with van der Waals surface area (Å²) in [7, 11) is -2.50. The molecule has 28 heavy (non-hydrogen) atoms. The molecule has 1 amide bonds. The Kier molecular flexibility index (Phi) is 10.9. The quantitative estimate of drug-likeness (QED) is 0.281. The number of ether oxygens (including phenoxy) is 2. The van der Waals surface area contributed by atoms with E-state index in [9.17, 15) is 24.2 Å². The van der Waals surface area contributed by atoms with Crippen molar-refractivity contribution in [2.24, 2.45) is 17.8 Å². The number of aliphatic hydroxyl groups is 1. The number of alkyl carbamates (subject to hydrolysis) is 1. The summed E-state index contributed by atoms with van der Waals surface area (Å²) < 4.78 is 22.1. The molecule has 0 aromatic rings. The zero-order valence-electron chi connectivity index (χ0n) is 17.3. The number of hydrogen-bond acceptors (Lipinski definition) is 6. The van der Waals surface area contributed by atoms with Crippen LogP contribution in [-0.2, 0) is 18.8 Å². The van der Waals surface area contributed by atoms with E-state index in [1.54, 1.807) is 27.7 Å². The van der Waals surface area contributed by atoms with Crippen molar-refractivity contribution in [2.75, 3.05) is 6.54 Å². The number of amides is 1. The molecule has 0 aromatic carbocycles. The van der Waals surface area contributed by atoms with E-state index in [1.165, 1.54) is 0 Å². The zero-order chi connectivity index (χ0) is 21.3. The summed E-state index contributed by atoms with van der Waals surface area (Å²) in [5.41, 5.74) is -0.677. The highest BCUT2D eigenvalue weighted by molar-refractivity contribution is 7.39. The van der Waals surface area contributed by atoms with Gasteiger partial charge in [-0.2, -0.15) is 4.89 Å². The fourth-order valence-corrected chi connectivity index (χ4v) is 4.41. The Balaban J connectivity index is 2.47. The fraction of sp³-hybridized carbons (Fsp3) is 0.895. The Bertz CT molecular complexity index is 520. The van der Waals surface area contributed by atoms with Crippen LogP contribution in [0.3, 0.4) is 0 Å². The smallest absolute Gasteiger partial charge is 0.425 e. The molecule has 8 nitrogen and oxygen atoms in total. The lowest BCUT2D eigenvalue weighted by Gasteiger charge is -2.26. The predicted octanol–water partition coefficient (Wildman–Crippen LogP) is 3.33. The van der Waals surface area contributed by atoms with Crippen LogP contribution in [-0.4, -0.2) is 46.7 Å². The van der Waals surface area contributed by atoms with Crippen molar-refractivity contribution in [3.05, 3.63) is 0 Å². The molecule has 0 bridgehead atoms. The number of nitrogens with one attached hydrogen (secondary N) is 1. The molecule has 3 N–H and O–H groups in total. The van der Waals surface area contributed by atoms with Crippen molar-refractivity contribution in [3.8, 4) is 0 Å². The summed E-state index contributed by atoms with van der Waals surface area (Å²) in [5, 5.41) is 12.9. The minimum atomic E-state index is -2.50. The maximum Gasteiger partial charge on any atom is 0.511 e. The van der Waals surface area contributed by atoms with E-state index in [-0.39, 0.29) is 30.7 Å². The molecule has 0 heterocycles. The van der Waals surface area contributed by atoms with Crippen molar-refractivity contribution in [1.29, 1.82) is 0 Å². The number of aliphatic hydroxyl groups excluding tert-OH is 1. The van der Waals surface area contributed by atoms with Crippen LogP contribution in [0.1, 0.15) is 66.2 Å². The van der Waals surface area contributed by atoms with E-state index in [1.807, 2.05) is 0 Å². The minimum Gasteiger partial charge on any atom is -0.425 e. The van der Waals surface area contributed by atoms with Gasteiger partial charge in [0.2, 0.25) is 5.66 Å². The Hall–Kier alpha value is -1.24. The Labute approximate surface area is 168 Å². The van der Waals surface area contributed by atoms with Gasteiger partial charge in [0, 0.05) is 18.4 Å². The van der Waals surface area contributed by atoms with Crippen LogP contribution in [0.2, 0.25) is 0 Å². The highest BCUT2D eigenvalue weighted by atomic mass is 31.1. The molecule has 9 heteroatoms.